The molecule has 0 unspecified atom stereocenters. The van der Waals surface area contributed by atoms with E-state index in [-0.39, 0.29) is 17.1 Å². The summed E-state index contributed by atoms with van der Waals surface area (Å²) in [5.41, 5.74) is 0.993. The predicted octanol–water partition coefficient (Wildman–Crippen LogP) is 2.77. The van der Waals surface area contributed by atoms with Gasteiger partial charge in [0.1, 0.15) is 17.1 Å². The monoisotopic (exact) mass is 244 g/mol. The molecule has 0 saturated carbocycles. The average molecular weight is 244 g/mol. The quantitative estimate of drug-likeness (QED) is 0.871. The van der Waals surface area contributed by atoms with Gasteiger partial charge in [0.2, 0.25) is 0 Å². The Kier molecular flexibility index (Phi) is 3.19. The second kappa shape index (κ2) is 4.79. The highest BCUT2D eigenvalue weighted by Gasteiger charge is 2.20. The van der Waals surface area contributed by atoms with E-state index in [9.17, 15) is 9.90 Å². The van der Waals surface area contributed by atoms with Gasteiger partial charge in [0, 0.05) is 5.56 Å². The first-order valence-electron chi connectivity index (χ1n) is 5.34. The third-order valence-electron chi connectivity index (χ3n) is 2.66. The third kappa shape index (κ3) is 2.00. The van der Waals surface area contributed by atoms with Crippen LogP contribution in [0.3, 0.4) is 0 Å². The number of methoxy groups -OCH3 is 1. The van der Waals surface area contributed by atoms with E-state index in [1.165, 1.54) is 13.2 Å². The lowest BCUT2D eigenvalue weighted by Crippen LogP contribution is -2.01. The lowest BCUT2D eigenvalue weighted by atomic mass is 10.0. The second-order valence-electron chi connectivity index (χ2n) is 3.71. The van der Waals surface area contributed by atoms with Crippen LogP contribution in [0.5, 0.6) is 11.5 Å². The second-order valence-corrected chi connectivity index (χ2v) is 3.71. The summed E-state index contributed by atoms with van der Waals surface area (Å²) in [5.74, 6) is -1.37. The maximum Gasteiger partial charge on any atom is 0.343 e. The lowest BCUT2D eigenvalue weighted by molar-refractivity contribution is 0.0690. The van der Waals surface area contributed by atoms with E-state index in [0.29, 0.717) is 5.56 Å². The number of carbonyl (C=O) groups is 1. The van der Waals surface area contributed by atoms with Crippen molar-refractivity contribution < 1.29 is 19.7 Å². The summed E-state index contributed by atoms with van der Waals surface area (Å²) in [4.78, 5) is 11.1. The lowest BCUT2D eigenvalue weighted by Gasteiger charge is -2.11. The average Bonchev–Trinajstić information content (AvgIpc) is 2.38. The van der Waals surface area contributed by atoms with E-state index in [4.69, 9.17) is 9.84 Å². The molecule has 0 aliphatic heterocycles. The van der Waals surface area contributed by atoms with E-state index in [1.54, 1.807) is 18.2 Å². The van der Waals surface area contributed by atoms with Gasteiger partial charge in [-0.05, 0) is 17.7 Å². The molecule has 0 aliphatic rings. The van der Waals surface area contributed by atoms with Gasteiger partial charge in [-0.1, -0.05) is 30.3 Å². The third-order valence-corrected chi connectivity index (χ3v) is 2.66. The zero-order valence-electron chi connectivity index (χ0n) is 9.75. The minimum Gasteiger partial charge on any atom is -0.506 e. The number of hydrogen-bond donors (Lipinski definition) is 2. The minimum atomic E-state index is -1.22. The first-order valence-corrected chi connectivity index (χ1v) is 5.34. The van der Waals surface area contributed by atoms with Crippen LogP contribution in [0.2, 0.25) is 0 Å². The number of carboxylic acids is 1. The molecule has 4 nitrogen and oxygen atoms in total. The van der Waals surface area contributed by atoms with Gasteiger partial charge in [-0.3, -0.25) is 0 Å². The molecule has 92 valence electrons. The first-order chi connectivity index (χ1) is 8.65. The number of hydrogen-bond acceptors (Lipinski definition) is 3. The van der Waals surface area contributed by atoms with E-state index in [0.717, 1.165) is 5.56 Å². The Balaban J connectivity index is 2.65. The van der Waals surface area contributed by atoms with Gasteiger partial charge < -0.3 is 14.9 Å². The van der Waals surface area contributed by atoms with Crippen LogP contribution < -0.4 is 4.74 Å². The van der Waals surface area contributed by atoms with Crippen molar-refractivity contribution in [3.8, 4) is 22.6 Å². The van der Waals surface area contributed by atoms with Crippen LogP contribution in [-0.4, -0.2) is 23.3 Å². The van der Waals surface area contributed by atoms with Gasteiger partial charge in [-0.2, -0.15) is 0 Å². The van der Waals surface area contributed by atoms with Crippen molar-refractivity contribution in [2.45, 2.75) is 0 Å². The molecule has 4 heteroatoms. The number of benzene rings is 2. The number of carboxylic acid groups (broad SMARTS) is 1. The van der Waals surface area contributed by atoms with Crippen molar-refractivity contribution in [2.24, 2.45) is 0 Å². The molecule has 0 atom stereocenters. The topological polar surface area (TPSA) is 66.8 Å². The summed E-state index contributed by atoms with van der Waals surface area (Å²) in [6, 6.07) is 12.3. The first kappa shape index (κ1) is 12.0. The standard InChI is InChI=1S/C14H12O4/c1-18-11-8-7-10(9-5-3-2-4-6-9)13(15)12(11)14(16)17/h2-8,15H,1H3,(H,16,17). The van der Waals surface area contributed by atoms with Gasteiger partial charge in [0.05, 0.1) is 7.11 Å². The Morgan fingerprint density at radius 3 is 2.33 bits per heavy atom. The molecule has 0 heterocycles. The fourth-order valence-electron chi connectivity index (χ4n) is 1.80. The van der Waals surface area contributed by atoms with Crippen molar-refractivity contribution in [2.75, 3.05) is 7.11 Å². The van der Waals surface area contributed by atoms with Gasteiger partial charge in [0.25, 0.3) is 0 Å². The van der Waals surface area contributed by atoms with Crippen LogP contribution in [0.25, 0.3) is 11.1 Å². The van der Waals surface area contributed by atoms with Gasteiger partial charge >= 0.3 is 5.97 Å². The maximum absolute atomic E-state index is 11.1. The maximum atomic E-state index is 11.1. The van der Waals surface area contributed by atoms with Crippen molar-refractivity contribution in [3.63, 3.8) is 0 Å². The zero-order chi connectivity index (χ0) is 13.1. The van der Waals surface area contributed by atoms with Crippen molar-refractivity contribution in [1.82, 2.24) is 0 Å². The molecule has 0 aliphatic carbocycles. The van der Waals surface area contributed by atoms with Crippen LogP contribution in [0.15, 0.2) is 42.5 Å². The van der Waals surface area contributed by atoms with Crippen LogP contribution in [0, 0.1) is 0 Å². The highest BCUT2D eigenvalue weighted by atomic mass is 16.5. The SMILES string of the molecule is COc1ccc(-c2ccccc2)c(O)c1C(=O)O. The number of rotatable bonds is 3. The molecule has 2 N–H and O–H groups in total. The number of ether oxygens (including phenoxy) is 1. The Morgan fingerprint density at radius 1 is 1.11 bits per heavy atom. The summed E-state index contributed by atoms with van der Waals surface area (Å²) >= 11 is 0. The summed E-state index contributed by atoms with van der Waals surface area (Å²) in [6.07, 6.45) is 0. The fourth-order valence-corrected chi connectivity index (χ4v) is 1.80. The molecule has 2 aromatic rings. The molecule has 0 spiro atoms. The molecule has 0 bridgehead atoms. The predicted molar refractivity (Wildman–Crippen MR) is 67.1 cm³/mol. The smallest absolute Gasteiger partial charge is 0.343 e. The van der Waals surface area contributed by atoms with Crippen LogP contribution >= 0.6 is 0 Å². The molecule has 0 fully saturated rings. The largest absolute Gasteiger partial charge is 0.506 e. The van der Waals surface area contributed by atoms with Gasteiger partial charge in [-0.25, -0.2) is 4.79 Å². The number of phenols is 1. The Labute approximate surface area is 104 Å². The molecule has 0 radical (unpaired) electrons. The number of aromatic carboxylic acids is 1. The molecule has 0 saturated heterocycles. The molecule has 2 aromatic carbocycles. The van der Waals surface area contributed by atoms with Crippen molar-refractivity contribution in [3.05, 3.63) is 48.0 Å². The van der Waals surface area contributed by atoms with E-state index >= 15 is 0 Å². The summed E-state index contributed by atoms with van der Waals surface area (Å²) < 4.78 is 4.94. The summed E-state index contributed by atoms with van der Waals surface area (Å²) in [5, 5.41) is 19.2. The van der Waals surface area contributed by atoms with Crippen LogP contribution in [0.1, 0.15) is 10.4 Å². The zero-order valence-corrected chi connectivity index (χ0v) is 9.75. The van der Waals surface area contributed by atoms with E-state index < -0.39 is 5.97 Å². The Bertz CT molecular complexity index is 576. The molecule has 0 amide bonds. The number of aromatic hydroxyl groups is 1. The van der Waals surface area contributed by atoms with Crippen molar-refractivity contribution in [1.29, 1.82) is 0 Å². The van der Waals surface area contributed by atoms with Gasteiger partial charge in [-0.15, -0.1) is 0 Å². The van der Waals surface area contributed by atoms with Crippen LogP contribution in [0.4, 0.5) is 0 Å². The van der Waals surface area contributed by atoms with Gasteiger partial charge in [0.15, 0.2) is 0 Å². The molecule has 0 aromatic heterocycles. The highest BCUT2D eigenvalue weighted by molar-refractivity contribution is 5.97. The summed E-state index contributed by atoms with van der Waals surface area (Å²) in [6.45, 7) is 0. The minimum absolute atomic E-state index is 0.139. The molecule has 18 heavy (non-hydrogen) atoms. The van der Waals surface area contributed by atoms with Crippen LogP contribution in [-0.2, 0) is 0 Å². The van der Waals surface area contributed by atoms with E-state index in [2.05, 4.69) is 0 Å². The normalized spacial score (nSPS) is 10.1. The molecular weight excluding hydrogens is 232 g/mol. The molecule has 2 rings (SSSR count). The fraction of sp³-hybridized carbons (Fsp3) is 0.0714. The van der Waals surface area contributed by atoms with E-state index in [1.807, 2.05) is 18.2 Å². The summed E-state index contributed by atoms with van der Waals surface area (Å²) in [7, 11) is 1.36. The molecular formula is C14H12O4. The Hall–Kier alpha value is -2.49. The highest BCUT2D eigenvalue weighted by Crippen LogP contribution is 2.37. The van der Waals surface area contributed by atoms with Crippen molar-refractivity contribution >= 4 is 5.97 Å². The Morgan fingerprint density at radius 2 is 1.78 bits per heavy atom.